The van der Waals surface area contributed by atoms with Crippen LogP contribution in [0.4, 0.5) is 13.2 Å². The molecule has 218 valence electrons. The Bertz CT molecular complexity index is 1510. The number of imidazole rings is 1. The molecule has 3 heterocycles. The van der Waals surface area contributed by atoms with Crippen LogP contribution in [-0.4, -0.2) is 61.7 Å². The summed E-state index contributed by atoms with van der Waals surface area (Å²) in [7, 11) is 0. The molecule has 0 unspecified atom stereocenters. The first-order chi connectivity index (χ1) is 19.8. The van der Waals surface area contributed by atoms with Gasteiger partial charge in [0.15, 0.2) is 5.69 Å². The van der Waals surface area contributed by atoms with Crippen LogP contribution >= 0.6 is 0 Å². The number of esters is 1. The molecule has 4 aromatic rings. The number of nitrogens with zero attached hydrogens (tertiary/aromatic N) is 5. The van der Waals surface area contributed by atoms with E-state index in [2.05, 4.69) is 15.1 Å². The van der Waals surface area contributed by atoms with Crippen LogP contribution in [0.5, 0.6) is 11.6 Å². The number of benzene rings is 1. The van der Waals surface area contributed by atoms with Crippen LogP contribution in [0.1, 0.15) is 47.8 Å². The highest BCUT2D eigenvalue weighted by atomic mass is 19.4. The lowest BCUT2D eigenvalue weighted by molar-refractivity contribution is -0.141. The van der Waals surface area contributed by atoms with E-state index in [4.69, 9.17) is 19.3 Å². The molecule has 1 aliphatic carbocycles. The first kappa shape index (κ1) is 28.6. The molecule has 0 aliphatic heterocycles. The lowest BCUT2D eigenvalue weighted by Gasteiger charge is -2.24. The maximum atomic E-state index is 13.9. The molecule has 0 saturated heterocycles. The van der Waals surface area contributed by atoms with E-state index in [1.807, 2.05) is 6.92 Å². The number of fused-ring (bicyclic) bond motifs is 1. The van der Waals surface area contributed by atoms with Gasteiger partial charge in [-0.3, -0.25) is 9.08 Å². The van der Waals surface area contributed by atoms with E-state index in [9.17, 15) is 18.0 Å². The standard InChI is InChI=1S/C28H30F3N5O5/c1-2-19-14-20(6-7-21(19)27(38)40-13-12-39-11-10-37)41-26-25-33-15-23(36(25)9-8-32-26)22-17-35(16-18-4-3-5-18)34-24(22)28(29,30)31/h6-9,14-15,17-18,37H,2-5,10-13,16H2,1H3. The summed E-state index contributed by atoms with van der Waals surface area (Å²) in [5.74, 6) is 0.284. The minimum Gasteiger partial charge on any atom is -0.460 e. The Hall–Kier alpha value is -3.97. The van der Waals surface area contributed by atoms with Gasteiger partial charge >= 0.3 is 12.1 Å². The fraction of sp³-hybridized carbons (Fsp3) is 0.429. The topological polar surface area (TPSA) is 113 Å². The van der Waals surface area contributed by atoms with E-state index in [-0.39, 0.29) is 49.2 Å². The molecule has 0 atom stereocenters. The fourth-order valence-corrected chi connectivity index (χ4v) is 4.69. The number of alkyl halides is 3. The van der Waals surface area contributed by atoms with Gasteiger partial charge in [0.25, 0.3) is 5.88 Å². The van der Waals surface area contributed by atoms with Gasteiger partial charge in [-0.2, -0.15) is 18.3 Å². The van der Waals surface area contributed by atoms with Gasteiger partial charge in [-0.15, -0.1) is 0 Å². The average Bonchev–Trinajstić information content (AvgIpc) is 3.55. The van der Waals surface area contributed by atoms with Crippen molar-refractivity contribution in [1.29, 1.82) is 0 Å². The van der Waals surface area contributed by atoms with Gasteiger partial charge in [0.1, 0.15) is 12.4 Å². The van der Waals surface area contributed by atoms with Crippen LogP contribution < -0.4 is 4.74 Å². The number of aryl methyl sites for hydroxylation is 1. The number of halogens is 3. The van der Waals surface area contributed by atoms with Gasteiger partial charge in [-0.1, -0.05) is 13.3 Å². The normalized spacial score (nSPS) is 13.9. The molecule has 0 radical (unpaired) electrons. The third-order valence-electron chi connectivity index (χ3n) is 6.96. The summed E-state index contributed by atoms with van der Waals surface area (Å²) in [5.41, 5.74) is 0.456. The van der Waals surface area contributed by atoms with E-state index in [1.165, 1.54) is 33.9 Å². The van der Waals surface area contributed by atoms with Crippen molar-refractivity contribution in [2.24, 2.45) is 5.92 Å². The summed E-state index contributed by atoms with van der Waals surface area (Å²) < 4.78 is 61.0. The number of aliphatic hydroxyl groups excluding tert-OH is 1. The number of hydrogen-bond acceptors (Lipinski definition) is 8. The minimum atomic E-state index is -4.64. The Morgan fingerprint density at radius 3 is 2.71 bits per heavy atom. The quantitative estimate of drug-likeness (QED) is 0.188. The van der Waals surface area contributed by atoms with Crippen LogP contribution in [0.3, 0.4) is 0 Å². The van der Waals surface area contributed by atoms with Crippen LogP contribution in [0, 0.1) is 5.92 Å². The van der Waals surface area contributed by atoms with Crippen LogP contribution in [0.25, 0.3) is 16.9 Å². The third-order valence-corrected chi connectivity index (χ3v) is 6.96. The van der Waals surface area contributed by atoms with E-state index in [0.29, 0.717) is 35.8 Å². The van der Waals surface area contributed by atoms with E-state index in [1.54, 1.807) is 18.2 Å². The first-order valence-corrected chi connectivity index (χ1v) is 13.4. The number of rotatable bonds is 12. The van der Waals surface area contributed by atoms with Gasteiger partial charge in [0.2, 0.25) is 5.65 Å². The zero-order chi connectivity index (χ0) is 29.0. The molecule has 5 rings (SSSR count). The van der Waals surface area contributed by atoms with Gasteiger partial charge in [-0.25, -0.2) is 14.8 Å². The van der Waals surface area contributed by atoms with Crippen molar-refractivity contribution in [2.75, 3.05) is 26.4 Å². The molecule has 13 heteroatoms. The number of hydrogen-bond donors (Lipinski definition) is 1. The first-order valence-electron chi connectivity index (χ1n) is 13.4. The van der Waals surface area contributed by atoms with Crippen molar-refractivity contribution >= 4 is 11.6 Å². The Kier molecular flexibility index (Phi) is 8.54. The summed E-state index contributed by atoms with van der Waals surface area (Å²) in [4.78, 5) is 21.1. The van der Waals surface area contributed by atoms with Crippen LogP contribution in [0.15, 0.2) is 43.0 Å². The Morgan fingerprint density at radius 1 is 1.17 bits per heavy atom. The molecule has 0 spiro atoms. The molecule has 1 fully saturated rings. The predicted molar refractivity (Wildman–Crippen MR) is 141 cm³/mol. The molecule has 1 aliphatic rings. The number of ether oxygens (including phenoxy) is 3. The molecular formula is C28H30F3N5O5. The number of aromatic nitrogens is 5. The highest BCUT2D eigenvalue weighted by Gasteiger charge is 2.38. The molecule has 41 heavy (non-hydrogen) atoms. The lowest BCUT2D eigenvalue weighted by atomic mass is 9.85. The largest absolute Gasteiger partial charge is 0.460 e. The van der Waals surface area contributed by atoms with Gasteiger partial charge in [0.05, 0.1) is 42.8 Å². The highest BCUT2D eigenvalue weighted by molar-refractivity contribution is 5.91. The van der Waals surface area contributed by atoms with Crippen molar-refractivity contribution in [3.05, 3.63) is 59.8 Å². The van der Waals surface area contributed by atoms with E-state index < -0.39 is 17.8 Å². The Morgan fingerprint density at radius 2 is 2.00 bits per heavy atom. The maximum Gasteiger partial charge on any atom is 0.435 e. The smallest absolute Gasteiger partial charge is 0.435 e. The van der Waals surface area contributed by atoms with Crippen molar-refractivity contribution in [2.45, 2.75) is 45.3 Å². The van der Waals surface area contributed by atoms with Gasteiger partial charge in [-0.05, 0) is 48.9 Å². The highest BCUT2D eigenvalue weighted by Crippen LogP contribution is 2.38. The molecule has 0 amide bonds. The summed E-state index contributed by atoms with van der Waals surface area (Å²) in [6.45, 7) is 2.58. The van der Waals surface area contributed by atoms with Crippen LogP contribution in [0.2, 0.25) is 0 Å². The zero-order valence-corrected chi connectivity index (χ0v) is 22.4. The molecular weight excluding hydrogens is 543 g/mol. The van der Waals surface area contributed by atoms with Crippen molar-refractivity contribution in [3.63, 3.8) is 0 Å². The number of aliphatic hydroxyl groups is 1. The molecule has 1 saturated carbocycles. The molecule has 10 nitrogen and oxygen atoms in total. The van der Waals surface area contributed by atoms with Crippen molar-refractivity contribution < 1.29 is 37.3 Å². The van der Waals surface area contributed by atoms with E-state index in [0.717, 1.165) is 19.3 Å². The Balaban J connectivity index is 1.38. The molecule has 0 bridgehead atoms. The summed E-state index contributed by atoms with van der Waals surface area (Å²) in [5, 5.41) is 12.6. The minimum absolute atomic E-state index is 0.0455. The second-order valence-electron chi connectivity index (χ2n) is 9.72. The Labute approximate surface area is 233 Å². The van der Waals surface area contributed by atoms with Crippen molar-refractivity contribution in [3.8, 4) is 22.9 Å². The lowest BCUT2D eigenvalue weighted by Crippen LogP contribution is -2.19. The number of carbonyl (C=O) groups is 1. The molecule has 1 aromatic carbocycles. The van der Waals surface area contributed by atoms with Crippen LogP contribution in [-0.2, 0) is 28.6 Å². The van der Waals surface area contributed by atoms with Crippen molar-refractivity contribution in [1.82, 2.24) is 24.1 Å². The maximum absolute atomic E-state index is 13.9. The fourth-order valence-electron chi connectivity index (χ4n) is 4.69. The van der Waals surface area contributed by atoms with Gasteiger partial charge in [0, 0.05) is 25.1 Å². The third kappa shape index (κ3) is 6.35. The predicted octanol–water partition coefficient (Wildman–Crippen LogP) is 4.93. The SMILES string of the molecule is CCc1cc(Oc2nccn3c(-c4cn(CC5CCC5)nc4C(F)(F)F)cnc23)ccc1C(=O)OCCOCCO. The zero-order valence-electron chi connectivity index (χ0n) is 22.4. The molecule has 1 N–H and O–H groups in total. The summed E-state index contributed by atoms with van der Waals surface area (Å²) in [6, 6.07) is 4.84. The second kappa shape index (κ2) is 12.3. The summed E-state index contributed by atoms with van der Waals surface area (Å²) >= 11 is 0. The van der Waals surface area contributed by atoms with Gasteiger partial charge < -0.3 is 19.3 Å². The second-order valence-corrected chi connectivity index (χ2v) is 9.72. The average molecular weight is 574 g/mol. The molecule has 3 aromatic heterocycles. The monoisotopic (exact) mass is 573 g/mol. The number of carbonyl (C=O) groups excluding carboxylic acids is 1. The van der Waals surface area contributed by atoms with E-state index >= 15 is 0 Å². The summed E-state index contributed by atoms with van der Waals surface area (Å²) in [6.07, 6.45) is 4.66.